The summed E-state index contributed by atoms with van der Waals surface area (Å²) >= 11 is 3.24. The van der Waals surface area contributed by atoms with E-state index in [0.717, 1.165) is 11.1 Å². The maximum atomic E-state index is 9.24. The van der Waals surface area contributed by atoms with Gasteiger partial charge in [0.2, 0.25) is 0 Å². The highest BCUT2D eigenvalue weighted by molar-refractivity contribution is 9.10. The molecule has 0 aliphatic rings. The molecule has 3 nitrogen and oxygen atoms in total. The molecule has 2 aromatic rings. The number of aromatic nitrogens is 1. The number of halogens is 1. The Kier molecular flexibility index (Phi) is 2.06. The lowest BCUT2D eigenvalue weighted by atomic mass is 10.1. The summed E-state index contributed by atoms with van der Waals surface area (Å²) in [4.78, 5) is 0. The van der Waals surface area contributed by atoms with Crippen molar-refractivity contribution in [2.24, 2.45) is 0 Å². The Bertz CT molecular complexity index is 425. The monoisotopic (exact) mass is 239 g/mol. The van der Waals surface area contributed by atoms with Crippen LogP contribution in [0.2, 0.25) is 0 Å². The SMILES string of the molecule is Oc1cccc(-c2conc2Br)c1. The van der Waals surface area contributed by atoms with Crippen molar-refractivity contribution < 1.29 is 9.63 Å². The minimum atomic E-state index is 0.227. The minimum absolute atomic E-state index is 0.227. The first kappa shape index (κ1) is 8.31. The third-order valence-electron chi connectivity index (χ3n) is 1.68. The molecule has 0 radical (unpaired) electrons. The molecule has 0 amide bonds. The van der Waals surface area contributed by atoms with Gasteiger partial charge in [-0.3, -0.25) is 0 Å². The van der Waals surface area contributed by atoms with E-state index in [-0.39, 0.29) is 5.75 Å². The van der Waals surface area contributed by atoms with E-state index in [4.69, 9.17) is 4.52 Å². The van der Waals surface area contributed by atoms with Crippen molar-refractivity contribution in [2.75, 3.05) is 0 Å². The van der Waals surface area contributed by atoms with Crippen LogP contribution in [-0.4, -0.2) is 10.3 Å². The van der Waals surface area contributed by atoms with Gasteiger partial charge in [0, 0.05) is 0 Å². The first-order chi connectivity index (χ1) is 6.27. The van der Waals surface area contributed by atoms with Gasteiger partial charge in [0.25, 0.3) is 0 Å². The van der Waals surface area contributed by atoms with Gasteiger partial charge in [-0.25, -0.2) is 0 Å². The molecule has 0 unspecified atom stereocenters. The predicted molar refractivity (Wildman–Crippen MR) is 51.3 cm³/mol. The number of nitrogens with zero attached hydrogens (tertiary/aromatic N) is 1. The quantitative estimate of drug-likeness (QED) is 0.833. The molecule has 1 N–H and O–H groups in total. The molecule has 66 valence electrons. The zero-order chi connectivity index (χ0) is 9.26. The summed E-state index contributed by atoms with van der Waals surface area (Å²) in [7, 11) is 0. The molecule has 0 fully saturated rings. The molecule has 0 saturated carbocycles. The molecule has 2 rings (SSSR count). The Morgan fingerprint density at radius 2 is 2.23 bits per heavy atom. The van der Waals surface area contributed by atoms with Crippen molar-refractivity contribution in [3.8, 4) is 16.9 Å². The van der Waals surface area contributed by atoms with Gasteiger partial charge in [0.05, 0.1) is 5.56 Å². The molecular weight excluding hydrogens is 234 g/mol. The Morgan fingerprint density at radius 1 is 1.38 bits per heavy atom. The summed E-state index contributed by atoms with van der Waals surface area (Å²) in [5, 5.41) is 12.9. The Hall–Kier alpha value is -1.29. The van der Waals surface area contributed by atoms with Gasteiger partial charge >= 0.3 is 0 Å². The maximum Gasteiger partial charge on any atom is 0.157 e. The van der Waals surface area contributed by atoms with Crippen LogP contribution in [0.4, 0.5) is 0 Å². The van der Waals surface area contributed by atoms with E-state index in [1.807, 2.05) is 6.07 Å². The first-order valence-electron chi connectivity index (χ1n) is 3.66. The van der Waals surface area contributed by atoms with Crippen LogP contribution in [0.5, 0.6) is 5.75 Å². The smallest absolute Gasteiger partial charge is 0.157 e. The van der Waals surface area contributed by atoms with Crippen LogP contribution in [0.3, 0.4) is 0 Å². The van der Waals surface area contributed by atoms with Crippen molar-refractivity contribution in [2.45, 2.75) is 0 Å². The number of aromatic hydroxyl groups is 1. The second-order valence-electron chi connectivity index (χ2n) is 2.57. The Morgan fingerprint density at radius 3 is 2.85 bits per heavy atom. The predicted octanol–water partition coefficient (Wildman–Crippen LogP) is 2.81. The van der Waals surface area contributed by atoms with Crippen LogP contribution in [0.15, 0.2) is 39.7 Å². The number of phenolic OH excluding ortho intramolecular Hbond substituents is 1. The molecule has 1 aromatic heterocycles. The molecule has 0 aliphatic carbocycles. The molecule has 13 heavy (non-hydrogen) atoms. The number of phenols is 1. The summed E-state index contributed by atoms with van der Waals surface area (Å²) < 4.78 is 5.40. The van der Waals surface area contributed by atoms with Gasteiger partial charge in [-0.05, 0) is 33.6 Å². The molecular formula is C9H6BrNO2. The molecule has 0 atom stereocenters. The van der Waals surface area contributed by atoms with E-state index >= 15 is 0 Å². The number of hydrogen-bond acceptors (Lipinski definition) is 3. The Labute approximate surface area is 83.1 Å². The first-order valence-corrected chi connectivity index (χ1v) is 4.46. The van der Waals surface area contributed by atoms with Crippen LogP contribution in [-0.2, 0) is 0 Å². The fourth-order valence-corrected chi connectivity index (χ4v) is 1.49. The normalized spacial score (nSPS) is 10.2. The molecule has 0 saturated heterocycles. The third kappa shape index (κ3) is 1.58. The van der Waals surface area contributed by atoms with Crippen LogP contribution < -0.4 is 0 Å². The topological polar surface area (TPSA) is 46.3 Å². The van der Waals surface area contributed by atoms with Crippen LogP contribution in [0, 0.1) is 0 Å². The zero-order valence-electron chi connectivity index (χ0n) is 6.57. The zero-order valence-corrected chi connectivity index (χ0v) is 8.15. The van der Waals surface area contributed by atoms with Crippen molar-refractivity contribution in [3.63, 3.8) is 0 Å². The van der Waals surface area contributed by atoms with E-state index < -0.39 is 0 Å². The van der Waals surface area contributed by atoms with E-state index in [1.165, 1.54) is 6.26 Å². The van der Waals surface area contributed by atoms with Gasteiger partial charge in [0.15, 0.2) is 4.60 Å². The Balaban J connectivity index is 2.53. The molecule has 0 aliphatic heterocycles. The van der Waals surface area contributed by atoms with Gasteiger partial charge in [0.1, 0.15) is 12.0 Å². The minimum Gasteiger partial charge on any atom is -0.508 e. The van der Waals surface area contributed by atoms with Crippen LogP contribution in [0.1, 0.15) is 0 Å². The van der Waals surface area contributed by atoms with Gasteiger partial charge in [-0.1, -0.05) is 17.3 Å². The molecule has 0 bridgehead atoms. The molecule has 1 heterocycles. The summed E-state index contributed by atoms with van der Waals surface area (Å²) in [5.74, 6) is 0.227. The summed E-state index contributed by atoms with van der Waals surface area (Å²) in [6.07, 6.45) is 1.53. The lowest BCUT2D eigenvalue weighted by molar-refractivity contribution is 0.416. The van der Waals surface area contributed by atoms with E-state index in [1.54, 1.807) is 18.2 Å². The number of hydrogen-bond donors (Lipinski definition) is 1. The maximum absolute atomic E-state index is 9.24. The largest absolute Gasteiger partial charge is 0.508 e. The summed E-state index contributed by atoms with van der Waals surface area (Å²) in [6, 6.07) is 6.91. The van der Waals surface area contributed by atoms with Crippen molar-refractivity contribution >= 4 is 15.9 Å². The third-order valence-corrected chi connectivity index (χ3v) is 2.25. The molecule has 1 aromatic carbocycles. The highest BCUT2D eigenvalue weighted by atomic mass is 79.9. The average molecular weight is 240 g/mol. The van der Waals surface area contributed by atoms with Crippen LogP contribution >= 0.6 is 15.9 Å². The molecule has 4 heteroatoms. The fraction of sp³-hybridized carbons (Fsp3) is 0. The second kappa shape index (κ2) is 3.22. The number of rotatable bonds is 1. The van der Waals surface area contributed by atoms with E-state index in [2.05, 4.69) is 21.1 Å². The lowest BCUT2D eigenvalue weighted by Gasteiger charge is -1.97. The van der Waals surface area contributed by atoms with Crippen LogP contribution in [0.25, 0.3) is 11.1 Å². The highest BCUT2D eigenvalue weighted by Crippen LogP contribution is 2.28. The molecule has 0 spiro atoms. The highest BCUT2D eigenvalue weighted by Gasteiger charge is 2.06. The van der Waals surface area contributed by atoms with E-state index in [0.29, 0.717) is 4.60 Å². The average Bonchev–Trinajstić information content (AvgIpc) is 2.51. The number of benzene rings is 1. The second-order valence-corrected chi connectivity index (χ2v) is 3.32. The standard InChI is InChI=1S/C9H6BrNO2/c10-9-8(5-13-11-9)6-2-1-3-7(12)4-6/h1-5,12H. The van der Waals surface area contributed by atoms with Gasteiger partial charge in [-0.15, -0.1) is 0 Å². The van der Waals surface area contributed by atoms with Crippen molar-refractivity contribution in [3.05, 3.63) is 35.1 Å². The fourth-order valence-electron chi connectivity index (χ4n) is 1.08. The van der Waals surface area contributed by atoms with Crippen molar-refractivity contribution in [1.29, 1.82) is 0 Å². The lowest BCUT2D eigenvalue weighted by Crippen LogP contribution is -1.74. The van der Waals surface area contributed by atoms with Crippen molar-refractivity contribution in [1.82, 2.24) is 5.16 Å². The van der Waals surface area contributed by atoms with Gasteiger partial charge in [-0.2, -0.15) is 0 Å². The summed E-state index contributed by atoms with van der Waals surface area (Å²) in [6.45, 7) is 0. The van der Waals surface area contributed by atoms with Gasteiger partial charge < -0.3 is 9.63 Å². The van der Waals surface area contributed by atoms with E-state index in [9.17, 15) is 5.11 Å². The summed E-state index contributed by atoms with van der Waals surface area (Å²) in [5.41, 5.74) is 1.70.